The van der Waals surface area contributed by atoms with E-state index in [-0.39, 0.29) is 12.1 Å². The van der Waals surface area contributed by atoms with E-state index >= 15 is 0 Å². The maximum Gasteiger partial charge on any atom is 0.148 e. The van der Waals surface area contributed by atoms with Gasteiger partial charge in [0.15, 0.2) is 0 Å². The minimum atomic E-state index is -0.318. The number of nitrogens with one attached hydrogen (secondary N) is 1. The van der Waals surface area contributed by atoms with Crippen LogP contribution < -0.4 is 5.32 Å². The molecule has 0 spiro atoms. The summed E-state index contributed by atoms with van der Waals surface area (Å²) in [7, 11) is 0. The minimum absolute atomic E-state index is 0.0912. The second-order valence-electron chi connectivity index (χ2n) is 4.92. The lowest BCUT2D eigenvalue weighted by atomic mass is 9.94. The summed E-state index contributed by atoms with van der Waals surface area (Å²) in [6.45, 7) is 6.16. The van der Waals surface area contributed by atoms with Gasteiger partial charge in [0, 0.05) is 0 Å². The number of aryl methyl sites for hydroxylation is 1. The third-order valence-corrected chi connectivity index (χ3v) is 3.78. The van der Waals surface area contributed by atoms with Crippen molar-refractivity contribution in [1.29, 1.82) is 0 Å². The summed E-state index contributed by atoms with van der Waals surface area (Å²) >= 11 is 0. The van der Waals surface area contributed by atoms with Gasteiger partial charge in [0.1, 0.15) is 5.82 Å². The molecule has 4 nitrogen and oxygen atoms in total. The van der Waals surface area contributed by atoms with Crippen LogP contribution in [0.3, 0.4) is 0 Å². The summed E-state index contributed by atoms with van der Waals surface area (Å²) < 4.78 is 0. The average Bonchev–Trinajstić information content (AvgIpc) is 2.45. The quantitative estimate of drug-likeness (QED) is 0.867. The lowest BCUT2D eigenvalue weighted by Gasteiger charge is -2.31. The Balaban J connectivity index is 2.42. The fourth-order valence-electron chi connectivity index (χ4n) is 2.15. The van der Waals surface area contributed by atoms with E-state index in [1.165, 1.54) is 0 Å². The molecule has 1 aromatic heterocycles. The van der Waals surface area contributed by atoms with Crippen molar-refractivity contribution in [2.45, 2.75) is 39.2 Å². The number of hydrogen-bond donors (Lipinski definition) is 2. The standard InChI is InChI=1S/C15H21N3O/c1-4-15(5-2,10-19)18-14-11(3)16-12-8-6-7-9-13(12)17-14/h6-9,19H,4-5,10H2,1-3H3,(H,17,18). The highest BCUT2D eigenvalue weighted by Crippen LogP contribution is 2.23. The molecule has 0 saturated heterocycles. The number of anilines is 1. The first kappa shape index (κ1) is 13.7. The molecule has 0 bridgehead atoms. The topological polar surface area (TPSA) is 58.0 Å². The van der Waals surface area contributed by atoms with Crippen molar-refractivity contribution in [3.05, 3.63) is 30.0 Å². The molecule has 0 saturated carbocycles. The fourth-order valence-corrected chi connectivity index (χ4v) is 2.15. The molecule has 0 aliphatic carbocycles. The molecule has 1 aromatic carbocycles. The summed E-state index contributed by atoms with van der Waals surface area (Å²) in [6, 6.07) is 7.82. The molecule has 2 aromatic rings. The summed E-state index contributed by atoms with van der Waals surface area (Å²) in [5.41, 5.74) is 2.31. The van der Waals surface area contributed by atoms with E-state index in [1.54, 1.807) is 0 Å². The predicted molar refractivity (Wildman–Crippen MR) is 78.3 cm³/mol. The van der Waals surface area contributed by atoms with Crippen LogP contribution in [0, 0.1) is 6.92 Å². The molecule has 0 unspecified atom stereocenters. The Morgan fingerprint density at radius 3 is 2.21 bits per heavy atom. The Labute approximate surface area is 113 Å². The molecule has 102 valence electrons. The molecule has 0 aliphatic rings. The van der Waals surface area contributed by atoms with Gasteiger partial charge in [-0.2, -0.15) is 0 Å². The predicted octanol–water partition coefficient (Wildman–Crippen LogP) is 2.90. The van der Waals surface area contributed by atoms with E-state index in [0.29, 0.717) is 0 Å². The van der Waals surface area contributed by atoms with Gasteiger partial charge in [-0.15, -0.1) is 0 Å². The van der Waals surface area contributed by atoms with Crippen LogP contribution in [0.1, 0.15) is 32.4 Å². The largest absolute Gasteiger partial charge is 0.394 e. The molecule has 0 radical (unpaired) electrons. The number of fused-ring (bicyclic) bond motifs is 1. The first-order valence-electron chi connectivity index (χ1n) is 6.76. The Morgan fingerprint density at radius 1 is 1.11 bits per heavy atom. The van der Waals surface area contributed by atoms with Gasteiger partial charge in [0.2, 0.25) is 0 Å². The van der Waals surface area contributed by atoms with Gasteiger partial charge in [0.25, 0.3) is 0 Å². The van der Waals surface area contributed by atoms with E-state index in [2.05, 4.69) is 29.1 Å². The summed E-state index contributed by atoms with van der Waals surface area (Å²) in [6.07, 6.45) is 1.68. The number of nitrogens with zero attached hydrogens (tertiary/aromatic N) is 2. The SMILES string of the molecule is CCC(CC)(CO)Nc1nc2ccccc2nc1C. The summed E-state index contributed by atoms with van der Waals surface area (Å²) in [5, 5.41) is 13.0. The van der Waals surface area contributed by atoms with Crippen molar-refractivity contribution >= 4 is 16.9 Å². The van der Waals surface area contributed by atoms with Gasteiger partial charge in [-0.3, -0.25) is 0 Å². The maximum atomic E-state index is 9.63. The molecule has 0 atom stereocenters. The number of rotatable bonds is 5. The van der Waals surface area contributed by atoms with Crippen LogP contribution in [0.4, 0.5) is 5.82 Å². The summed E-state index contributed by atoms with van der Waals surface area (Å²) in [4.78, 5) is 9.17. The fraction of sp³-hybridized carbons (Fsp3) is 0.467. The highest BCUT2D eigenvalue weighted by molar-refractivity contribution is 5.76. The minimum Gasteiger partial charge on any atom is -0.394 e. The zero-order valence-electron chi connectivity index (χ0n) is 11.8. The van der Waals surface area contributed by atoms with Crippen molar-refractivity contribution in [3.63, 3.8) is 0 Å². The molecule has 0 fully saturated rings. The molecular formula is C15H21N3O. The van der Waals surface area contributed by atoms with Gasteiger partial charge < -0.3 is 10.4 Å². The highest BCUT2D eigenvalue weighted by atomic mass is 16.3. The second-order valence-corrected chi connectivity index (χ2v) is 4.92. The Hall–Kier alpha value is -1.68. The lowest BCUT2D eigenvalue weighted by molar-refractivity contribution is 0.202. The molecule has 0 aliphatic heterocycles. The average molecular weight is 259 g/mol. The lowest BCUT2D eigenvalue weighted by Crippen LogP contribution is -2.41. The number of aliphatic hydroxyl groups is 1. The van der Waals surface area contributed by atoms with E-state index in [4.69, 9.17) is 0 Å². The molecule has 4 heteroatoms. The number of para-hydroxylation sites is 2. The van der Waals surface area contributed by atoms with Gasteiger partial charge in [0.05, 0.1) is 28.9 Å². The van der Waals surface area contributed by atoms with Crippen molar-refractivity contribution in [2.24, 2.45) is 0 Å². The van der Waals surface area contributed by atoms with E-state index < -0.39 is 0 Å². The zero-order chi connectivity index (χ0) is 13.9. The van der Waals surface area contributed by atoms with Crippen molar-refractivity contribution < 1.29 is 5.11 Å². The third-order valence-electron chi connectivity index (χ3n) is 3.78. The molecule has 2 N–H and O–H groups in total. The molecule has 19 heavy (non-hydrogen) atoms. The van der Waals surface area contributed by atoms with Crippen molar-refractivity contribution in [2.75, 3.05) is 11.9 Å². The van der Waals surface area contributed by atoms with Crippen LogP contribution in [0.25, 0.3) is 11.0 Å². The van der Waals surface area contributed by atoms with Crippen LogP contribution in [-0.2, 0) is 0 Å². The Bertz CT molecular complexity index is 556. The Morgan fingerprint density at radius 2 is 1.68 bits per heavy atom. The van der Waals surface area contributed by atoms with Crippen LogP contribution in [-0.4, -0.2) is 27.2 Å². The first-order valence-corrected chi connectivity index (χ1v) is 6.76. The summed E-state index contributed by atoms with van der Waals surface area (Å²) in [5.74, 6) is 0.761. The monoisotopic (exact) mass is 259 g/mol. The molecule has 0 amide bonds. The van der Waals surface area contributed by atoms with Crippen molar-refractivity contribution in [3.8, 4) is 0 Å². The highest BCUT2D eigenvalue weighted by Gasteiger charge is 2.26. The zero-order valence-corrected chi connectivity index (χ0v) is 11.8. The number of hydrogen-bond acceptors (Lipinski definition) is 4. The normalized spacial score (nSPS) is 11.8. The van der Waals surface area contributed by atoms with E-state index in [1.807, 2.05) is 31.2 Å². The van der Waals surface area contributed by atoms with Crippen molar-refractivity contribution in [1.82, 2.24) is 9.97 Å². The maximum absolute atomic E-state index is 9.63. The van der Waals surface area contributed by atoms with Gasteiger partial charge in [-0.05, 0) is 31.9 Å². The smallest absolute Gasteiger partial charge is 0.148 e. The van der Waals surface area contributed by atoms with Crippen LogP contribution in [0.15, 0.2) is 24.3 Å². The van der Waals surface area contributed by atoms with Crippen LogP contribution >= 0.6 is 0 Å². The number of aliphatic hydroxyl groups excluding tert-OH is 1. The first-order chi connectivity index (χ1) is 9.14. The van der Waals surface area contributed by atoms with Gasteiger partial charge in [-0.1, -0.05) is 26.0 Å². The third kappa shape index (κ3) is 2.68. The van der Waals surface area contributed by atoms with Gasteiger partial charge in [-0.25, -0.2) is 9.97 Å². The van der Waals surface area contributed by atoms with E-state index in [0.717, 1.165) is 35.4 Å². The second kappa shape index (κ2) is 5.53. The number of aromatic nitrogens is 2. The van der Waals surface area contributed by atoms with E-state index in [9.17, 15) is 5.11 Å². The molecular weight excluding hydrogens is 238 g/mol. The Kier molecular flexibility index (Phi) is 4.00. The molecule has 1 heterocycles. The number of benzene rings is 1. The van der Waals surface area contributed by atoms with Crippen LogP contribution in [0.5, 0.6) is 0 Å². The van der Waals surface area contributed by atoms with Gasteiger partial charge >= 0.3 is 0 Å². The molecule has 2 rings (SSSR count). The van der Waals surface area contributed by atoms with Crippen LogP contribution in [0.2, 0.25) is 0 Å².